The van der Waals surface area contributed by atoms with Crippen molar-refractivity contribution >= 4 is 6.09 Å². The first kappa shape index (κ1) is 22.3. The van der Waals surface area contributed by atoms with Crippen LogP contribution in [0.25, 0.3) is 0 Å². The number of carbonyl (C=O) groups is 1. The summed E-state index contributed by atoms with van der Waals surface area (Å²) in [5.74, 6) is 0.501. The molecule has 2 bridgehead atoms. The number of carbonyl (C=O) groups excluding carboxylic acids is 1. The summed E-state index contributed by atoms with van der Waals surface area (Å²) >= 11 is 0. The summed E-state index contributed by atoms with van der Waals surface area (Å²) in [4.78, 5) is 19.1. The zero-order chi connectivity index (χ0) is 22.3. The summed E-state index contributed by atoms with van der Waals surface area (Å²) < 4.78 is 16.7. The fourth-order valence-electron chi connectivity index (χ4n) is 4.76. The van der Waals surface area contributed by atoms with Crippen LogP contribution in [0.5, 0.6) is 5.75 Å². The van der Waals surface area contributed by atoms with Crippen LogP contribution in [0.1, 0.15) is 24.0 Å². The van der Waals surface area contributed by atoms with E-state index in [1.54, 1.807) is 18.2 Å². The van der Waals surface area contributed by atoms with Crippen molar-refractivity contribution in [3.8, 4) is 17.9 Å². The molecule has 0 N–H and O–H groups in total. The number of ether oxygens (including phenoxy) is 3. The van der Waals surface area contributed by atoms with Crippen molar-refractivity contribution in [3.63, 3.8) is 0 Å². The second-order valence-electron chi connectivity index (χ2n) is 8.38. The van der Waals surface area contributed by atoms with Crippen molar-refractivity contribution in [1.29, 1.82) is 10.5 Å². The van der Waals surface area contributed by atoms with Gasteiger partial charge in [-0.15, -0.1) is 0 Å². The molecule has 2 atom stereocenters. The lowest BCUT2D eigenvalue weighted by Crippen LogP contribution is -2.56. The maximum atomic E-state index is 12.6. The molecule has 0 radical (unpaired) electrons. The first-order chi connectivity index (χ1) is 15.7. The highest BCUT2D eigenvalue weighted by molar-refractivity contribution is 5.68. The number of likely N-dealkylation sites (tertiary alicyclic amines) is 1. The number of nitrogens with zero attached hydrogens (tertiary/aromatic N) is 5. The predicted octanol–water partition coefficient (Wildman–Crippen LogP) is 1.43. The average molecular weight is 440 g/mol. The minimum Gasteiger partial charge on any atom is -0.491 e. The number of piperazine rings is 1. The van der Waals surface area contributed by atoms with Gasteiger partial charge in [0.25, 0.3) is 0 Å². The van der Waals surface area contributed by atoms with Crippen molar-refractivity contribution in [2.45, 2.75) is 24.9 Å². The molecule has 3 saturated heterocycles. The van der Waals surface area contributed by atoms with Gasteiger partial charge >= 0.3 is 6.09 Å². The largest absolute Gasteiger partial charge is 0.491 e. The van der Waals surface area contributed by atoms with E-state index >= 15 is 0 Å². The van der Waals surface area contributed by atoms with Crippen molar-refractivity contribution < 1.29 is 19.0 Å². The molecule has 9 nitrogen and oxygen atoms in total. The third kappa shape index (κ3) is 5.31. The summed E-state index contributed by atoms with van der Waals surface area (Å²) in [5, 5.41) is 18.3. The van der Waals surface area contributed by atoms with Gasteiger partial charge in [-0.25, -0.2) is 4.79 Å². The van der Waals surface area contributed by atoms with E-state index in [1.807, 2.05) is 11.0 Å². The lowest BCUT2D eigenvalue weighted by molar-refractivity contribution is 0.0164. The molecule has 0 aromatic heterocycles. The van der Waals surface area contributed by atoms with Crippen molar-refractivity contribution in [3.05, 3.63) is 29.3 Å². The summed E-state index contributed by atoms with van der Waals surface area (Å²) in [5.41, 5.74) is 0.816. The van der Waals surface area contributed by atoms with Crippen LogP contribution in [-0.4, -0.2) is 98.6 Å². The molecular formula is C23H29N5O4. The molecule has 0 spiro atoms. The standard InChI is InChI=1S/C23H29N5O4/c24-14-18-1-4-22(19(13-18)15-25)31-12-8-28-20-2-3-21(28)17-27(16-20)23(29)32-11-7-26-5-9-30-10-6-26/h1,4,13,20-21H,2-3,5-12,16-17H2. The second-order valence-corrected chi connectivity index (χ2v) is 8.38. The molecule has 3 fully saturated rings. The number of hydrogen-bond acceptors (Lipinski definition) is 8. The fraction of sp³-hybridized carbons (Fsp3) is 0.609. The summed E-state index contributed by atoms with van der Waals surface area (Å²) in [6, 6.07) is 9.61. The van der Waals surface area contributed by atoms with E-state index in [1.165, 1.54) is 0 Å². The summed E-state index contributed by atoms with van der Waals surface area (Å²) in [7, 11) is 0. The normalized spacial score (nSPS) is 23.4. The molecule has 3 heterocycles. The Kier molecular flexibility index (Phi) is 7.43. The van der Waals surface area contributed by atoms with Gasteiger partial charge in [0, 0.05) is 51.4 Å². The number of amides is 1. The molecule has 9 heteroatoms. The van der Waals surface area contributed by atoms with E-state index in [-0.39, 0.29) is 6.09 Å². The SMILES string of the molecule is N#Cc1ccc(OCCN2C3CCC2CN(C(=O)OCCN2CCOCC2)C3)c(C#N)c1. The average Bonchev–Trinajstić information content (AvgIpc) is 3.06. The van der Waals surface area contributed by atoms with Crippen molar-refractivity contribution in [2.24, 2.45) is 0 Å². The molecule has 2 unspecified atom stereocenters. The van der Waals surface area contributed by atoms with Crippen molar-refractivity contribution in [2.75, 3.05) is 65.7 Å². The third-order valence-corrected chi connectivity index (χ3v) is 6.46. The van der Waals surface area contributed by atoms with E-state index in [0.29, 0.717) is 55.3 Å². The van der Waals surface area contributed by atoms with Gasteiger partial charge in [-0.2, -0.15) is 10.5 Å². The Hall–Kier alpha value is -2.85. The quantitative estimate of drug-likeness (QED) is 0.629. The van der Waals surface area contributed by atoms with Crippen LogP contribution in [0.4, 0.5) is 4.79 Å². The molecule has 0 saturated carbocycles. The van der Waals surface area contributed by atoms with Crippen LogP contribution >= 0.6 is 0 Å². The lowest BCUT2D eigenvalue weighted by Gasteiger charge is -2.40. The van der Waals surface area contributed by atoms with Crippen LogP contribution < -0.4 is 4.74 Å². The van der Waals surface area contributed by atoms with Gasteiger partial charge in [-0.1, -0.05) is 0 Å². The monoisotopic (exact) mass is 439 g/mol. The molecule has 1 amide bonds. The van der Waals surface area contributed by atoms with E-state index in [0.717, 1.165) is 52.2 Å². The molecule has 4 rings (SSSR count). The second kappa shape index (κ2) is 10.6. The Bertz CT molecular complexity index is 875. The van der Waals surface area contributed by atoms with Crippen LogP contribution in [0.15, 0.2) is 18.2 Å². The highest BCUT2D eigenvalue weighted by Crippen LogP contribution is 2.30. The first-order valence-corrected chi connectivity index (χ1v) is 11.2. The van der Waals surface area contributed by atoms with Gasteiger partial charge in [0.05, 0.1) is 30.4 Å². The Balaban J connectivity index is 1.22. The van der Waals surface area contributed by atoms with Crippen LogP contribution in [0, 0.1) is 22.7 Å². The molecule has 3 aliphatic heterocycles. The molecule has 3 aliphatic rings. The molecule has 0 aliphatic carbocycles. The Morgan fingerprint density at radius 3 is 2.50 bits per heavy atom. The lowest BCUT2D eigenvalue weighted by atomic mass is 10.1. The number of hydrogen-bond donors (Lipinski definition) is 0. The van der Waals surface area contributed by atoms with Gasteiger partial charge < -0.3 is 19.1 Å². The molecule has 1 aromatic carbocycles. The number of fused-ring (bicyclic) bond motifs is 2. The third-order valence-electron chi connectivity index (χ3n) is 6.46. The Morgan fingerprint density at radius 2 is 1.81 bits per heavy atom. The number of benzene rings is 1. The van der Waals surface area contributed by atoms with Gasteiger partial charge in [0.15, 0.2) is 0 Å². The molecule has 1 aromatic rings. The van der Waals surface area contributed by atoms with Gasteiger partial charge in [0.2, 0.25) is 0 Å². The number of nitriles is 2. The molecule has 32 heavy (non-hydrogen) atoms. The van der Waals surface area contributed by atoms with Gasteiger partial charge in [0.1, 0.15) is 25.0 Å². The Morgan fingerprint density at radius 1 is 1.06 bits per heavy atom. The van der Waals surface area contributed by atoms with E-state index < -0.39 is 0 Å². The summed E-state index contributed by atoms with van der Waals surface area (Å²) in [6.07, 6.45) is 1.90. The van der Waals surface area contributed by atoms with E-state index in [9.17, 15) is 10.1 Å². The van der Waals surface area contributed by atoms with Crippen LogP contribution in [0.3, 0.4) is 0 Å². The van der Waals surface area contributed by atoms with E-state index in [2.05, 4.69) is 15.9 Å². The van der Waals surface area contributed by atoms with Gasteiger partial charge in [-0.3, -0.25) is 9.80 Å². The van der Waals surface area contributed by atoms with Crippen LogP contribution in [-0.2, 0) is 9.47 Å². The predicted molar refractivity (Wildman–Crippen MR) is 115 cm³/mol. The zero-order valence-corrected chi connectivity index (χ0v) is 18.2. The number of rotatable bonds is 7. The van der Waals surface area contributed by atoms with Crippen LogP contribution in [0.2, 0.25) is 0 Å². The minimum absolute atomic E-state index is 0.220. The highest BCUT2D eigenvalue weighted by Gasteiger charge is 2.41. The highest BCUT2D eigenvalue weighted by atomic mass is 16.6. The summed E-state index contributed by atoms with van der Waals surface area (Å²) in [6.45, 7) is 6.96. The topological polar surface area (TPSA) is 102 Å². The number of morpholine rings is 1. The Labute approximate surface area is 188 Å². The van der Waals surface area contributed by atoms with Crippen molar-refractivity contribution in [1.82, 2.24) is 14.7 Å². The van der Waals surface area contributed by atoms with Gasteiger partial charge in [-0.05, 0) is 31.0 Å². The van der Waals surface area contributed by atoms with E-state index in [4.69, 9.17) is 19.5 Å². The first-order valence-electron chi connectivity index (χ1n) is 11.2. The zero-order valence-electron chi connectivity index (χ0n) is 18.2. The minimum atomic E-state index is -0.220. The molecule has 170 valence electrons. The smallest absolute Gasteiger partial charge is 0.409 e. The fourth-order valence-corrected chi connectivity index (χ4v) is 4.76. The molecular weight excluding hydrogens is 410 g/mol. The maximum Gasteiger partial charge on any atom is 0.409 e. The maximum absolute atomic E-state index is 12.6.